The quantitative estimate of drug-likeness (QED) is 0.160. The maximum absolute atomic E-state index is 7.06. The van der Waals surface area contributed by atoms with Gasteiger partial charge in [-0.3, -0.25) is 4.57 Å². The summed E-state index contributed by atoms with van der Waals surface area (Å²) in [6.45, 7) is 21.2. The fraction of sp³-hybridized carbons (Fsp3) is 0.217. The van der Waals surface area contributed by atoms with Crippen LogP contribution >= 0.6 is 0 Å². The second kappa shape index (κ2) is 15.8. The molecule has 1 aliphatic heterocycles. The van der Waals surface area contributed by atoms with Gasteiger partial charge in [-0.15, -0.1) is 0 Å². The Labute approximate surface area is 384 Å². The molecule has 0 fully saturated rings. The number of aromatic nitrogens is 2. The van der Waals surface area contributed by atoms with Crippen molar-refractivity contribution in [2.24, 2.45) is 0 Å². The van der Waals surface area contributed by atoms with Crippen LogP contribution in [0.4, 0.5) is 22.7 Å². The van der Waals surface area contributed by atoms with Gasteiger partial charge in [0.2, 0.25) is 0 Å². The molecule has 0 spiro atoms. The van der Waals surface area contributed by atoms with Gasteiger partial charge in [0.15, 0.2) is 0 Å². The summed E-state index contributed by atoms with van der Waals surface area (Å²) in [6, 6.07) is 61.4. The molecule has 324 valence electrons. The number of ether oxygens (including phenoxy) is 1. The molecule has 5 nitrogen and oxygen atoms in total. The molecule has 0 atom stereocenters. The van der Waals surface area contributed by atoms with Crippen LogP contribution in [0.1, 0.15) is 79.0 Å². The Morgan fingerprint density at radius 2 is 1.06 bits per heavy atom. The van der Waals surface area contributed by atoms with Gasteiger partial charge in [0, 0.05) is 40.5 Å². The molecule has 9 aromatic rings. The fourth-order valence-corrected chi connectivity index (χ4v) is 9.25. The highest BCUT2D eigenvalue weighted by molar-refractivity contribution is 6.16. The maximum atomic E-state index is 7.06. The van der Waals surface area contributed by atoms with E-state index in [0.717, 1.165) is 50.6 Å². The monoisotopic (exact) mass is 850 g/mol. The second-order valence-corrected chi connectivity index (χ2v) is 20.7. The maximum Gasteiger partial charge on any atom is 0.137 e. The van der Waals surface area contributed by atoms with E-state index < -0.39 is 0 Å². The third-order valence-electron chi connectivity index (χ3n) is 12.9. The van der Waals surface area contributed by atoms with Crippen LogP contribution in [-0.2, 0) is 16.2 Å². The molecule has 0 saturated heterocycles. The van der Waals surface area contributed by atoms with E-state index >= 15 is 0 Å². The predicted molar refractivity (Wildman–Crippen MR) is 274 cm³/mol. The van der Waals surface area contributed by atoms with Crippen LogP contribution in [0, 0.1) is 0 Å². The molecule has 0 aliphatic carbocycles. The van der Waals surface area contributed by atoms with Crippen molar-refractivity contribution in [1.82, 2.24) is 9.55 Å². The molecule has 0 bridgehead atoms. The zero-order valence-corrected chi connectivity index (χ0v) is 39.1. The van der Waals surface area contributed by atoms with Gasteiger partial charge in [-0.1, -0.05) is 153 Å². The van der Waals surface area contributed by atoms with Crippen LogP contribution in [0.25, 0.3) is 49.9 Å². The van der Waals surface area contributed by atoms with Gasteiger partial charge in [-0.25, -0.2) is 4.98 Å². The Morgan fingerprint density at radius 1 is 0.446 bits per heavy atom. The van der Waals surface area contributed by atoms with Crippen molar-refractivity contribution < 1.29 is 4.74 Å². The lowest BCUT2D eigenvalue weighted by molar-refractivity contribution is 0.483. The Kier molecular flexibility index (Phi) is 10.2. The Bertz CT molecular complexity index is 3200. The van der Waals surface area contributed by atoms with E-state index in [4.69, 9.17) is 9.72 Å². The van der Waals surface area contributed by atoms with Crippen molar-refractivity contribution in [1.29, 1.82) is 0 Å². The van der Waals surface area contributed by atoms with E-state index in [1.165, 1.54) is 50.3 Å². The molecular formula is C60H58N4O. The first-order valence-electron chi connectivity index (χ1n) is 22.9. The van der Waals surface area contributed by atoms with Crippen molar-refractivity contribution >= 4 is 44.6 Å². The lowest BCUT2D eigenvalue weighted by atomic mass is 9.80. The van der Waals surface area contributed by atoms with Crippen LogP contribution in [0.5, 0.6) is 11.5 Å². The normalized spacial score (nSPS) is 13.2. The molecule has 5 heteroatoms. The Balaban J connectivity index is 1.10. The van der Waals surface area contributed by atoms with Crippen molar-refractivity contribution in [2.45, 2.75) is 78.6 Å². The number of rotatable bonds is 7. The van der Waals surface area contributed by atoms with Crippen LogP contribution < -0.4 is 14.5 Å². The average molecular weight is 851 g/mol. The van der Waals surface area contributed by atoms with Gasteiger partial charge < -0.3 is 14.5 Å². The largest absolute Gasteiger partial charge is 0.457 e. The highest BCUT2D eigenvalue weighted by atomic mass is 16.5. The molecule has 0 unspecified atom stereocenters. The summed E-state index contributed by atoms with van der Waals surface area (Å²) in [4.78, 5) is 9.87. The summed E-state index contributed by atoms with van der Waals surface area (Å²) in [5.41, 5.74) is 15.2. The molecule has 65 heavy (non-hydrogen) atoms. The smallest absolute Gasteiger partial charge is 0.137 e. The van der Waals surface area contributed by atoms with Crippen molar-refractivity contribution in [3.63, 3.8) is 0 Å². The van der Waals surface area contributed by atoms with E-state index in [2.05, 4.69) is 247 Å². The van der Waals surface area contributed by atoms with Crippen molar-refractivity contribution in [2.75, 3.05) is 16.5 Å². The Hall–Kier alpha value is -7.11. The standard InChI is InChI=1S/C60H58N4O/c1-58(2,3)43-29-30-61-56(35-43)64-52-26-14-13-25-50(52)57-51(42-22-17-21-41(31-42)40-19-11-10-12-20-40)37-49(38-55(57)64)65-48-24-18-23-46(36-48)62-39-63(54-28-16-15-27-53(54)62)47-33-44(59(4,5)6)32-45(34-47)60(7,8)9/h10-38H,39H2,1-9H3. The number of benzene rings is 7. The summed E-state index contributed by atoms with van der Waals surface area (Å²) in [7, 11) is 0. The topological polar surface area (TPSA) is 33.5 Å². The molecule has 2 aromatic heterocycles. The number of anilines is 4. The highest BCUT2D eigenvalue weighted by Gasteiger charge is 2.31. The molecule has 1 aliphatic rings. The number of hydrogen-bond donors (Lipinski definition) is 0. The zero-order chi connectivity index (χ0) is 45.3. The second-order valence-electron chi connectivity index (χ2n) is 20.7. The van der Waals surface area contributed by atoms with Gasteiger partial charge in [-0.2, -0.15) is 0 Å². The van der Waals surface area contributed by atoms with E-state index in [-0.39, 0.29) is 16.2 Å². The molecule has 10 rings (SSSR count). The lowest BCUT2D eigenvalue weighted by Crippen LogP contribution is -2.25. The predicted octanol–water partition coefficient (Wildman–Crippen LogP) is 16.4. The number of hydrogen-bond acceptors (Lipinski definition) is 4. The summed E-state index contributed by atoms with van der Waals surface area (Å²) >= 11 is 0. The van der Waals surface area contributed by atoms with E-state index in [1.807, 2.05) is 6.20 Å². The van der Waals surface area contributed by atoms with Gasteiger partial charge in [-0.05, 0) is 122 Å². The summed E-state index contributed by atoms with van der Waals surface area (Å²) in [5, 5.41) is 2.33. The summed E-state index contributed by atoms with van der Waals surface area (Å²) < 4.78 is 9.37. The van der Waals surface area contributed by atoms with Gasteiger partial charge in [0.05, 0.1) is 22.4 Å². The number of nitrogens with zero attached hydrogens (tertiary/aromatic N) is 4. The van der Waals surface area contributed by atoms with Crippen molar-refractivity contribution in [3.8, 4) is 39.6 Å². The van der Waals surface area contributed by atoms with Crippen LogP contribution in [0.15, 0.2) is 176 Å². The third kappa shape index (κ3) is 7.94. The molecular weight excluding hydrogens is 793 g/mol. The summed E-state index contributed by atoms with van der Waals surface area (Å²) in [5.74, 6) is 2.40. The van der Waals surface area contributed by atoms with Crippen molar-refractivity contribution in [3.05, 3.63) is 193 Å². The van der Waals surface area contributed by atoms with E-state index in [1.54, 1.807) is 0 Å². The number of pyridine rings is 1. The van der Waals surface area contributed by atoms with Crippen LogP contribution in [-0.4, -0.2) is 16.2 Å². The van der Waals surface area contributed by atoms with Gasteiger partial charge in [0.25, 0.3) is 0 Å². The first-order valence-corrected chi connectivity index (χ1v) is 22.9. The molecule has 3 heterocycles. The lowest BCUT2D eigenvalue weighted by Gasteiger charge is -2.29. The van der Waals surface area contributed by atoms with E-state index in [0.29, 0.717) is 6.67 Å². The minimum absolute atomic E-state index is 0.00945. The molecule has 0 radical (unpaired) electrons. The SMILES string of the molecule is CC(C)(C)c1cc(N2CN(c3cccc(Oc4cc(-c5cccc(-c6ccccc6)c5)c5c6ccccc6n(-c6cc(C(C)(C)C)ccn6)c5c4)c3)c3ccccc32)cc(C(C)(C)C)c1. The zero-order valence-electron chi connectivity index (χ0n) is 39.1. The Morgan fingerprint density at radius 3 is 1.77 bits per heavy atom. The van der Waals surface area contributed by atoms with Gasteiger partial charge in [0.1, 0.15) is 24.0 Å². The molecule has 0 saturated carbocycles. The van der Waals surface area contributed by atoms with E-state index in [9.17, 15) is 0 Å². The van der Waals surface area contributed by atoms with Gasteiger partial charge >= 0.3 is 0 Å². The molecule has 0 amide bonds. The summed E-state index contributed by atoms with van der Waals surface area (Å²) in [6.07, 6.45) is 1.94. The molecule has 7 aromatic carbocycles. The first-order chi connectivity index (χ1) is 31.1. The highest BCUT2D eigenvalue weighted by Crippen LogP contribution is 2.47. The first kappa shape index (κ1) is 41.9. The number of fused-ring (bicyclic) bond motifs is 4. The minimum Gasteiger partial charge on any atom is -0.457 e. The number of para-hydroxylation sites is 3. The van der Waals surface area contributed by atoms with Crippen LogP contribution in [0.2, 0.25) is 0 Å². The molecule has 0 N–H and O–H groups in total. The fourth-order valence-electron chi connectivity index (χ4n) is 9.25. The average Bonchev–Trinajstić information content (AvgIpc) is 3.85. The third-order valence-corrected chi connectivity index (χ3v) is 12.9. The minimum atomic E-state index is -0.0442. The van der Waals surface area contributed by atoms with Crippen LogP contribution in [0.3, 0.4) is 0 Å².